The second-order valence-electron chi connectivity index (χ2n) is 6.10. The smallest absolute Gasteiger partial charge is 0.434 e. The van der Waals surface area contributed by atoms with Crippen LogP contribution in [0.2, 0.25) is 0 Å². The summed E-state index contributed by atoms with van der Waals surface area (Å²) in [6, 6.07) is 11.9. The van der Waals surface area contributed by atoms with E-state index in [1.807, 2.05) is 0 Å². The molecule has 2 heterocycles. The number of pyridine rings is 1. The van der Waals surface area contributed by atoms with Crippen molar-refractivity contribution in [1.82, 2.24) is 4.98 Å². The monoisotopic (exact) mass is 462 g/mol. The molecule has 0 spiro atoms. The van der Waals surface area contributed by atoms with Crippen LogP contribution in [-0.4, -0.2) is 29.4 Å². The molecule has 0 fully saturated rings. The van der Waals surface area contributed by atoms with E-state index in [0.29, 0.717) is 23.1 Å². The Morgan fingerprint density at radius 3 is 2.61 bits per heavy atom. The lowest BCUT2D eigenvalue weighted by Crippen LogP contribution is -2.17. The molecule has 2 aromatic heterocycles. The summed E-state index contributed by atoms with van der Waals surface area (Å²) >= 11 is 1.69. The highest BCUT2D eigenvalue weighted by atomic mass is 32.2. The summed E-state index contributed by atoms with van der Waals surface area (Å²) in [5, 5.41) is 10.7. The van der Waals surface area contributed by atoms with E-state index in [4.69, 9.17) is 4.74 Å². The maximum absolute atomic E-state index is 13.6. The molecule has 0 saturated heterocycles. The molecule has 0 bridgehead atoms. The minimum absolute atomic E-state index is 0.102. The van der Waals surface area contributed by atoms with Crippen molar-refractivity contribution >= 4 is 34.7 Å². The summed E-state index contributed by atoms with van der Waals surface area (Å²) in [5.41, 5.74) is -1.99. The second kappa shape index (κ2) is 9.32. The largest absolute Gasteiger partial charge is 0.497 e. The van der Waals surface area contributed by atoms with E-state index in [1.54, 1.807) is 29.6 Å². The minimum Gasteiger partial charge on any atom is -0.497 e. The zero-order chi connectivity index (χ0) is 22.6. The SMILES string of the molecule is COc1cccc(C(=O)CSc2nc(C(F)(F)F)c(C(=O)c3cccs3)cc2C#N)c1. The van der Waals surface area contributed by atoms with Crippen molar-refractivity contribution in [2.24, 2.45) is 0 Å². The van der Waals surface area contributed by atoms with Gasteiger partial charge < -0.3 is 4.74 Å². The number of rotatable bonds is 7. The number of alkyl halides is 3. The van der Waals surface area contributed by atoms with Gasteiger partial charge in [0.2, 0.25) is 5.78 Å². The van der Waals surface area contributed by atoms with Gasteiger partial charge in [-0.15, -0.1) is 11.3 Å². The van der Waals surface area contributed by atoms with Crippen molar-refractivity contribution < 1.29 is 27.5 Å². The molecule has 0 aliphatic carbocycles. The quantitative estimate of drug-likeness (QED) is 0.353. The number of ketones is 2. The lowest BCUT2D eigenvalue weighted by Gasteiger charge is -2.13. The third-order valence-electron chi connectivity index (χ3n) is 4.10. The molecule has 10 heteroatoms. The van der Waals surface area contributed by atoms with Crippen LogP contribution >= 0.6 is 23.1 Å². The van der Waals surface area contributed by atoms with E-state index in [9.17, 15) is 28.0 Å². The van der Waals surface area contributed by atoms with E-state index >= 15 is 0 Å². The fourth-order valence-corrected chi connectivity index (χ4v) is 4.16. The first-order chi connectivity index (χ1) is 14.7. The predicted octanol–water partition coefficient (Wildman–Crippen LogP) is 5.25. The summed E-state index contributed by atoms with van der Waals surface area (Å²) in [4.78, 5) is 28.7. The molecule has 0 atom stereocenters. The molecule has 1 aromatic carbocycles. The third-order valence-corrected chi connectivity index (χ3v) is 5.96. The van der Waals surface area contributed by atoms with E-state index in [0.717, 1.165) is 17.4 Å². The summed E-state index contributed by atoms with van der Waals surface area (Å²) in [6.45, 7) is 0. The lowest BCUT2D eigenvalue weighted by molar-refractivity contribution is -0.141. The van der Waals surface area contributed by atoms with Crippen molar-refractivity contribution in [2.45, 2.75) is 11.2 Å². The summed E-state index contributed by atoms with van der Waals surface area (Å²) in [5.74, 6) is -1.02. The fraction of sp³-hybridized carbons (Fsp3) is 0.143. The zero-order valence-electron chi connectivity index (χ0n) is 15.9. The lowest BCUT2D eigenvalue weighted by atomic mass is 10.1. The van der Waals surface area contributed by atoms with Crippen molar-refractivity contribution in [1.29, 1.82) is 5.26 Å². The van der Waals surface area contributed by atoms with Crippen LogP contribution in [0.25, 0.3) is 0 Å². The van der Waals surface area contributed by atoms with Gasteiger partial charge in [0, 0.05) is 5.56 Å². The van der Waals surface area contributed by atoms with Crippen molar-refractivity contribution in [3.8, 4) is 11.8 Å². The first-order valence-electron chi connectivity index (χ1n) is 8.65. The molecule has 31 heavy (non-hydrogen) atoms. The Hall–Kier alpha value is -3.16. The van der Waals surface area contributed by atoms with Gasteiger partial charge >= 0.3 is 6.18 Å². The van der Waals surface area contributed by atoms with Crippen LogP contribution < -0.4 is 4.74 Å². The fourth-order valence-electron chi connectivity index (χ4n) is 2.63. The number of nitriles is 1. The van der Waals surface area contributed by atoms with Gasteiger partial charge in [-0.2, -0.15) is 18.4 Å². The van der Waals surface area contributed by atoms with Gasteiger partial charge in [-0.05, 0) is 29.6 Å². The standard InChI is InChI=1S/C21H13F3N2O3S2/c1-29-14-5-2-4-12(8-14)16(27)11-31-20-13(10-25)9-15(19(26-20)21(22,23)24)18(28)17-6-3-7-30-17/h2-9H,11H2,1H3. The second-order valence-corrected chi connectivity index (χ2v) is 8.01. The maximum atomic E-state index is 13.6. The molecule has 158 valence electrons. The van der Waals surface area contributed by atoms with Gasteiger partial charge in [0.1, 0.15) is 16.8 Å². The molecular weight excluding hydrogens is 449 g/mol. The van der Waals surface area contributed by atoms with Gasteiger partial charge in [0.25, 0.3) is 0 Å². The number of nitrogens with zero attached hydrogens (tertiary/aromatic N) is 2. The number of thiophene rings is 1. The average molecular weight is 462 g/mol. The molecule has 0 radical (unpaired) electrons. The minimum atomic E-state index is -4.91. The number of Topliss-reactive ketones (excluding diaryl/α,β-unsaturated/α-hetero) is 1. The maximum Gasteiger partial charge on any atom is 0.434 e. The highest BCUT2D eigenvalue weighted by Gasteiger charge is 2.38. The number of hydrogen-bond acceptors (Lipinski definition) is 7. The van der Waals surface area contributed by atoms with Gasteiger partial charge in [0.05, 0.1) is 28.9 Å². The third kappa shape index (κ3) is 5.13. The molecule has 0 amide bonds. The van der Waals surface area contributed by atoms with E-state index in [-0.39, 0.29) is 27.0 Å². The summed E-state index contributed by atoms with van der Waals surface area (Å²) in [7, 11) is 1.44. The van der Waals surface area contributed by atoms with Crippen LogP contribution in [0.5, 0.6) is 5.75 Å². The van der Waals surface area contributed by atoms with Gasteiger partial charge in [0.15, 0.2) is 11.5 Å². The average Bonchev–Trinajstić information content (AvgIpc) is 3.30. The van der Waals surface area contributed by atoms with E-state index in [1.165, 1.54) is 25.3 Å². The highest BCUT2D eigenvalue weighted by Crippen LogP contribution is 2.35. The van der Waals surface area contributed by atoms with Crippen LogP contribution in [0.1, 0.15) is 36.9 Å². The topological polar surface area (TPSA) is 80.0 Å². The molecule has 3 rings (SSSR count). The Morgan fingerprint density at radius 1 is 1.23 bits per heavy atom. The van der Waals surface area contributed by atoms with Gasteiger partial charge in [-0.25, -0.2) is 4.98 Å². The Labute approximate surface area is 183 Å². The number of hydrogen-bond donors (Lipinski definition) is 0. The molecule has 5 nitrogen and oxygen atoms in total. The van der Waals surface area contributed by atoms with Crippen molar-refractivity contribution in [3.05, 3.63) is 75.1 Å². The molecule has 0 aliphatic heterocycles. The normalized spacial score (nSPS) is 11.1. The first kappa shape index (κ1) is 22.5. The molecule has 0 N–H and O–H groups in total. The van der Waals surface area contributed by atoms with Crippen LogP contribution in [-0.2, 0) is 6.18 Å². The van der Waals surface area contributed by atoms with Crippen LogP contribution in [0, 0.1) is 11.3 Å². The zero-order valence-corrected chi connectivity index (χ0v) is 17.5. The van der Waals surface area contributed by atoms with Crippen LogP contribution in [0.3, 0.4) is 0 Å². The number of halogens is 3. The summed E-state index contributed by atoms with van der Waals surface area (Å²) in [6.07, 6.45) is -4.91. The number of aromatic nitrogens is 1. The Kier molecular flexibility index (Phi) is 6.77. The van der Waals surface area contributed by atoms with E-state index < -0.39 is 23.2 Å². The highest BCUT2D eigenvalue weighted by molar-refractivity contribution is 8.00. The molecule has 0 aliphatic rings. The van der Waals surface area contributed by atoms with Crippen LogP contribution in [0.4, 0.5) is 13.2 Å². The number of thioether (sulfide) groups is 1. The molecular formula is C21H13F3N2O3S2. The Bertz CT molecular complexity index is 1170. The number of methoxy groups -OCH3 is 1. The van der Waals surface area contributed by atoms with Crippen molar-refractivity contribution in [2.75, 3.05) is 12.9 Å². The van der Waals surface area contributed by atoms with E-state index in [2.05, 4.69) is 4.98 Å². The molecule has 3 aromatic rings. The first-order valence-corrected chi connectivity index (χ1v) is 10.5. The predicted molar refractivity (Wildman–Crippen MR) is 110 cm³/mol. The van der Waals surface area contributed by atoms with Crippen LogP contribution in [0.15, 0.2) is 52.9 Å². The van der Waals surface area contributed by atoms with Gasteiger partial charge in [-0.1, -0.05) is 30.0 Å². The van der Waals surface area contributed by atoms with Gasteiger partial charge in [-0.3, -0.25) is 9.59 Å². The number of carbonyl (C=O) groups excluding carboxylic acids is 2. The molecule has 0 unspecified atom stereocenters. The Balaban J connectivity index is 1.94. The summed E-state index contributed by atoms with van der Waals surface area (Å²) < 4.78 is 45.9. The van der Waals surface area contributed by atoms with Crippen molar-refractivity contribution in [3.63, 3.8) is 0 Å². The molecule has 0 saturated carbocycles. The Morgan fingerprint density at radius 2 is 2.00 bits per heavy atom. The number of carbonyl (C=O) groups is 2. The number of benzene rings is 1. The number of ether oxygens (including phenoxy) is 1.